The number of aliphatic hydroxyl groups is 1. The highest BCUT2D eigenvalue weighted by molar-refractivity contribution is 7.92. The first-order valence-electron chi connectivity index (χ1n) is 6.38. The molecule has 2 rings (SSSR count). The number of sulfonamides is 1. The van der Waals surface area contributed by atoms with E-state index in [1.54, 1.807) is 6.92 Å². The van der Waals surface area contributed by atoms with Crippen LogP contribution in [0.15, 0.2) is 39.6 Å². The molecule has 0 saturated heterocycles. The Bertz CT molecular complexity index is 722. The summed E-state index contributed by atoms with van der Waals surface area (Å²) in [6.07, 6.45) is 0. The number of aliphatic hydroxyl groups excluding tert-OH is 1. The third-order valence-corrected chi connectivity index (χ3v) is 5.06. The minimum absolute atomic E-state index is 0.00211. The van der Waals surface area contributed by atoms with E-state index < -0.39 is 15.8 Å². The molecule has 0 atom stereocenters. The van der Waals surface area contributed by atoms with Gasteiger partial charge >= 0.3 is 0 Å². The Labute approximate surface area is 122 Å². The van der Waals surface area contributed by atoms with Crippen molar-refractivity contribution in [2.24, 2.45) is 0 Å². The van der Waals surface area contributed by atoms with Crippen molar-refractivity contribution in [3.05, 3.63) is 47.7 Å². The molecule has 1 N–H and O–H groups in total. The van der Waals surface area contributed by atoms with Crippen molar-refractivity contribution in [1.29, 1.82) is 0 Å². The number of nitrogens with zero attached hydrogens (tertiary/aromatic N) is 1. The molecule has 7 heteroatoms. The van der Waals surface area contributed by atoms with E-state index in [-0.39, 0.29) is 29.6 Å². The van der Waals surface area contributed by atoms with Crippen LogP contribution in [0.1, 0.15) is 18.4 Å². The van der Waals surface area contributed by atoms with Gasteiger partial charge in [0.2, 0.25) is 0 Å². The fourth-order valence-corrected chi connectivity index (χ4v) is 3.74. The molecule has 2 aromatic rings. The largest absolute Gasteiger partial charge is 0.462 e. The maximum atomic E-state index is 13.0. The Morgan fingerprint density at radius 3 is 2.38 bits per heavy atom. The molecule has 21 heavy (non-hydrogen) atoms. The second kappa shape index (κ2) is 5.87. The molecule has 114 valence electrons. The summed E-state index contributed by atoms with van der Waals surface area (Å²) in [6.45, 7) is 3.01. The van der Waals surface area contributed by atoms with Gasteiger partial charge in [-0.3, -0.25) is 4.31 Å². The number of furan rings is 1. The Hall–Kier alpha value is -1.86. The second-order valence-corrected chi connectivity index (χ2v) is 6.27. The summed E-state index contributed by atoms with van der Waals surface area (Å²) >= 11 is 0. The molecule has 1 heterocycles. The fourth-order valence-electron chi connectivity index (χ4n) is 2.08. The molecule has 0 aliphatic carbocycles. The van der Waals surface area contributed by atoms with Gasteiger partial charge in [0.25, 0.3) is 10.0 Å². The fraction of sp³-hybridized carbons (Fsp3) is 0.286. The highest BCUT2D eigenvalue weighted by atomic mass is 32.2. The van der Waals surface area contributed by atoms with Crippen LogP contribution >= 0.6 is 0 Å². The highest BCUT2D eigenvalue weighted by Crippen LogP contribution is 2.27. The molecular weight excluding hydrogens is 297 g/mol. The molecule has 0 saturated carbocycles. The number of rotatable bonds is 5. The summed E-state index contributed by atoms with van der Waals surface area (Å²) in [5.74, 6) is -0.0462. The van der Waals surface area contributed by atoms with Crippen LogP contribution in [0.4, 0.5) is 10.1 Å². The lowest BCUT2D eigenvalue weighted by Gasteiger charge is -2.22. The maximum absolute atomic E-state index is 13.0. The van der Waals surface area contributed by atoms with Crippen LogP contribution in [0, 0.1) is 12.7 Å². The molecule has 0 aliphatic rings. The summed E-state index contributed by atoms with van der Waals surface area (Å²) in [5.41, 5.74) is 0.366. The predicted molar refractivity (Wildman–Crippen MR) is 76.0 cm³/mol. The average Bonchev–Trinajstić information content (AvgIpc) is 2.83. The van der Waals surface area contributed by atoms with E-state index in [1.165, 1.54) is 37.3 Å². The van der Waals surface area contributed by atoms with E-state index in [9.17, 15) is 12.8 Å². The van der Waals surface area contributed by atoms with Gasteiger partial charge in [-0.2, -0.15) is 0 Å². The SMILES string of the molecule is CCN(c1ccc(F)cc1)S(=O)(=O)c1cc(CO)oc1C. The van der Waals surface area contributed by atoms with Crippen LogP contribution in [0.3, 0.4) is 0 Å². The summed E-state index contributed by atoms with van der Waals surface area (Å²) in [5, 5.41) is 9.04. The lowest BCUT2D eigenvalue weighted by molar-refractivity contribution is 0.244. The van der Waals surface area contributed by atoms with Gasteiger partial charge in [0, 0.05) is 12.6 Å². The zero-order chi connectivity index (χ0) is 15.6. The van der Waals surface area contributed by atoms with E-state index in [4.69, 9.17) is 9.52 Å². The number of aryl methyl sites for hydroxylation is 1. The van der Waals surface area contributed by atoms with Crippen molar-refractivity contribution in [2.45, 2.75) is 25.3 Å². The molecule has 5 nitrogen and oxygen atoms in total. The van der Waals surface area contributed by atoms with Crippen molar-refractivity contribution in [1.82, 2.24) is 0 Å². The zero-order valence-electron chi connectivity index (χ0n) is 11.7. The van der Waals surface area contributed by atoms with Crippen LogP contribution in [0.25, 0.3) is 0 Å². The Kier molecular flexibility index (Phi) is 4.34. The quantitative estimate of drug-likeness (QED) is 0.920. The van der Waals surface area contributed by atoms with Gasteiger partial charge < -0.3 is 9.52 Å². The van der Waals surface area contributed by atoms with Crippen molar-refractivity contribution in [3.63, 3.8) is 0 Å². The third-order valence-electron chi connectivity index (χ3n) is 3.05. The van der Waals surface area contributed by atoms with Gasteiger partial charge in [-0.25, -0.2) is 12.8 Å². The number of benzene rings is 1. The molecule has 0 aliphatic heterocycles. The summed E-state index contributed by atoms with van der Waals surface area (Å²) < 4.78 is 44.7. The molecular formula is C14H16FNO4S. The minimum Gasteiger partial charge on any atom is -0.462 e. The van der Waals surface area contributed by atoms with Crippen molar-refractivity contribution in [3.8, 4) is 0 Å². The number of hydrogen-bond donors (Lipinski definition) is 1. The monoisotopic (exact) mass is 313 g/mol. The van der Waals surface area contributed by atoms with E-state index in [1.807, 2.05) is 0 Å². The molecule has 0 amide bonds. The van der Waals surface area contributed by atoms with Gasteiger partial charge in [0.05, 0.1) is 5.69 Å². The normalized spacial score (nSPS) is 11.6. The molecule has 0 radical (unpaired) electrons. The van der Waals surface area contributed by atoms with Gasteiger partial charge in [-0.15, -0.1) is 0 Å². The molecule has 0 bridgehead atoms. The lowest BCUT2D eigenvalue weighted by atomic mass is 10.3. The van der Waals surface area contributed by atoms with Gasteiger partial charge in [0.15, 0.2) is 0 Å². The molecule has 1 aromatic heterocycles. The van der Waals surface area contributed by atoms with Crippen molar-refractivity contribution in [2.75, 3.05) is 10.8 Å². The molecule has 0 spiro atoms. The first-order valence-corrected chi connectivity index (χ1v) is 7.82. The standard InChI is InChI=1S/C14H16FNO4S/c1-3-16(12-6-4-11(15)5-7-12)21(18,19)14-8-13(9-17)20-10(14)2/h4-8,17H,3,9H2,1-2H3. The maximum Gasteiger partial charge on any atom is 0.267 e. The topological polar surface area (TPSA) is 70.8 Å². The van der Waals surface area contributed by atoms with E-state index in [0.717, 1.165) is 4.31 Å². The number of hydrogen-bond acceptors (Lipinski definition) is 4. The van der Waals surface area contributed by atoms with Crippen LogP contribution in [-0.2, 0) is 16.6 Å². The average molecular weight is 313 g/mol. The van der Waals surface area contributed by atoms with Crippen LogP contribution in [0.5, 0.6) is 0 Å². The third kappa shape index (κ3) is 2.93. The summed E-state index contributed by atoms with van der Waals surface area (Å²) in [4.78, 5) is -0.00211. The second-order valence-electron chi connectivity index (χ2n) is 4.44. The summed E-state index contributed by atoms with van der Waals surface area (Å²) in [7, 11) is -3.83. The first kappa shape index (κ1) is 15.5. The summed E-state index contributed by atoms with van der Waals surface area (Å²) in [6, 6.07) is 6.51. The van der Waals surface area contributed by atoms with Crippen LogP contribution in [0.2, 0.25) is 0 Å². The Balaban J connectivity index is 2.49. The van der Waals surface area contributed by atoms with E-state index >= 15 is 0 Å². The van der Waals surface area contributed by atoms with Crippen molar-refractivity contribution < 1.29 is 22.3 Å². The van der Waals surface area contributed by atoms with Gasteiger partial charge in [-0.05, 0) is 38.1 Å². The van der Waals surface area contributed by atoms with Crippen molar-refractivity contribution >= 4 is 15.7 Å². The lowest BCUT2D eigenvalue weighted by Crippen LogP contribution is -2.30. The smallest absolute Gasteiger partial charge is 0.267 e. The molecule has 1 aromatic carbocycles. The molecule has 0 fully saturated rings. The predicted octanol–water partition coefficient (Wildman–Crippen LogP) is 2.43. The van der Waals surface area contributed by atoms with Crippen LogP contribution in [-0.4, -0.2) is 20.1 Å². The van der Waals surface area contributed by atoms with Crippen LogP contribution < -0.4 is 4.31 Å². The van der Waals surface area contributed by atoms with Gasteiger partial charge in [0.1, 0.15) is 28.8 Å². The molecule has 0 unspecified atom stereocenters. The Morgan fingerprint density at radius 2 is 1.90 bits per heavy atom. The highest BCUT2D eigenvalue weighted by Gasteiger charge is 2.28. The Morgan fingerprint density at radius 1 is 1.29 bits per heavy atom. The number of anilines is 1. The number of halogens is 1. The zero-order valence-corrected chi connectivity index (χ0v) is 12.5. The van der Waals surface area contributed by atoms with E-state index in [2.05, 4.69) is 0 Å². The first-order chi connectivity index (χ1) is 9.90. The minimum atomic E-state index is -3.83. The van der Waals surface area contributed by atoms with Gasteiger partial charge in [-0.1, -0.05) is 0 Å². The van der Waals surface area contributed by atoms with E-state index in [0.29, 0.717) is 5.69 Å².